The molecule has 11 nitrogen and oxygen atoms in total. The number of ether oxygens (including phenoxy) is 2. The molecule has 13 heteroatoms. The summed E-state index contributed by atoms with van der Waals surface area (Å²) >= 11 is 0. The summed E-state index contributed by atoms with van der Waals surface area (Å²) in [5.74, 6) is -3.89. The molecule has 1 aromatic carbocycles. The minimum Gasteiger partial charge on any atom is -0.503 e. The van der Waals surface area contributed by atoms with Crippen LogP contribution in [0.4, 0.5) is 8.78 Å². The first-order valence-electron chi connectivity index (χ1n) is 12.7. The molecule has 2 bridgehead atoms. The number of amides is 2. The van der Waals surface area contributed by atoms with E-state index in [1.54, 1.807) is 4.90 Å². The first kappa shape index (κ1) is 27.2. The molecule has 3 aliphatic rings. The van der Waals surface area contributed by atoms with E-state index in [1.165, 1.54) is 29.0 Å². The predicted molar refractivity (Wildman–Crippen MR) is 132 cm³/mol. The van der Waals surface area contributed by atoms with Crippen molar-refractivity contribution in [2.24, 2.45) is 5.73 Å². The van der Waals surface area contributed by atoms with Gasteiger partial charge in [0, 0.05) is 43.9 Å². The lowest BCUT2D eigenvalue weighted by atomic mass is 9.85. The summed E-state index contributed by atoms with van der Waals surface area (Å²) in [7, 11) is 1.53. The summed E-state index contributed by atoms with van der Waals surface area (Å²) in [6.07, 6.45) is 1.76. The largest absolute Gasteiger partial charge is 0.503 e. The van der Waals surface area contributed by atoms with Gasteiger partial charge in [0.15, 0.2) is 11.4 Å². The van der Waals surface area contributed by atoms with Crippen LogP contribution < -0.4 is 11.2 Å². The number of hydroxylamine groups is 2. The predicted octanol–water partition coefficient (Wildman–Crippen LogP) is 1.68. The molecule has 2 saturated heterocycles. The molecule has 1 unspecified atom stereocenters. The molecule has 0 saturated carbocycles. The van der Waals surface area contributed by atoms with Crippen LogP contribution in [-0.4, -0.2) is 76.2 Å². The smallest absolute Gasteiger partial charge is 0.274 e. The van der Waals surface area contributed by atoms with Gasteiger partial charge in [0.2, 0.25) is 5.43 Å². The first-order chi connectivity index (χ1) is 18.6. The summed E-state index contributed by atoms with van der Waals surface area (Å²) in [4.78, 5) is 46.2. The zero-order valence-corrected chi connectivity index (χ0v) is 21.6. The summed E-state index contributed by atoms with van der Waals surface area (Å²) in [6.45, 7) is 2.47. The van der Waals surface area contributed by atoms with E-state index in [4.69, 9.17) is 20.0 Å². The van der Waals surface area contributed by atoms with Gasteiger partial charge in [0.25, 0.3) is 11.8 Å². The number of hydrogen-bond donors (Lipinski definition) is 2. The fourth-order valence-electron chi connectivity index (χ4n) is 5.75. The molecule has 4 heterocycles. The van der Waals surface area contributed by atoms with Crippen LogP contribution in [0.3, 0.4) is 0 Å². The number of rotatable bonds is 7. The maximum atomic E-state index is 14.6. The maximum absolute atomic E-state index is 14.6. The molecule has 0 radical (unpaired) electrons. The number of nitrogens with two attached hydrogens (primary N) is 1. The second-order valence-electron chi connectivity index (χ2n) is 10.2. The third-order valence-electron chi connectivity index (χ3n) is 7.85. The van der Waals surface area contributed by atoms with E-state index in [0.29, 0.717) is 19.4 Å². The molecular weight excluding hydrogens is 518 g/mol. The Kier molecular flexibility index (Phi) is 7.18. The van der Waals surface area contributed by atoms with Gasteiger partial charge in [-0.3, -0.25) is 19.2 Å². The highest BCUT2D eigenvalue weighted by Crippen LogP contribution is 2.49. The number of fused-ring (bicyclic) bond motifs is 5. The SMILES string of the molecule is COCCOC1C[C@]2(CC[C@H](C)N3C[C@H]2n2cc(C(N)=O)c(=O)c(O)c2C3=O)ON1Cc1ccc(F)cc1F. The van der Waals surface area contributed by atoms with Crippen molar-refractivity contribution in [3.63, 3.8) is 0 Å². The van der Waals surface area contributed by atoms with E-state index >= 15 is 0 Å². The van der Waals surface area contributed by atoms with E-state index < -0.39 is 58.1 Å². The molecule has 3 N–H and O–H groups in total. The Labute approximate surface area is 222 Å². The van der Waals surface area contributed by atoms with Crippen LogP contribution in [0.1, 0.15) is 58.6 Å². The highest BCUT2D eigenvalue weighted by Gasteiger charge is 2.57. The molecule has 2 aromatic rings. The molecule has 1 aromatic heterocycles. The lowest BCUT2D eigenvalue weighted by molar-refractivity contribution is -0.257. The highest BCUT2D eigenvalue weighted by atomic mass is 19.1. The summed E-state index contributed by atoms with van der Waals surface area (Å²) in [5, 5.41) is 12.2. The molecule has 210 valence electrons. The number of primary amides is 1. The van der Waals surface area contributed by atoms with Gasteiger partial charge in [0.05, 0.1) is 25.8 Å². The monoisotopic (exact) mass is 548 g/mol. The van der Waals surface area contributed by atoms with Gasteiger partial charge in [0.1, 0.15) is 29.0 Å². The molecular formula is C26H30F2N4O7. The Hall–Kier alpha value is -3.39. The molecule has 2 amide bonds. The van der Waals surface area contributed by atoms with Crippen molar-refractivity contribution in [3.8, 4) is 5.75 Å². The Balaban J connectivity index is 1.59. The van der Waals surface area contributed by atoms with E-state index in [1.807, 2.05) is 6.92 Å². The molecule has 3 aliphatic heterocycles. The van der Waals surface area contributed by atoms with Gasteiger partial charge in [-0.1, -0.05) is 6.07 Å². The Morgan fingerprint density at radius 3 is 2.74 bits per heavy atom. The van der Waals surface area contributed by atoms with Gasteiger partial charge in [-0.2, -0.15) is 5.06 Å². The number of aromatic nitrogens is 1. The Morgan fingerprint density at radius 1 is 1.28 bits per heavy atom. The number of carbonyl (C=O) groups is 2. The lowest BCUT2D eigenvalue weighted by Gasteiger charge is -2.42. The number of methoxy groups -OCH3 is 1. The highest BCUT2D eigenvalue weighted by molar-refractivity contribution is 5.99. The van der Waals surface area contributed by atoms with Crippen molar-refractivity contribution in [2.75, 3.05) is 26.9 Å². The molecule has 5 rings (SSSR count). The minimum absolute atomic E-state index is 0.0642. The fraction of sp³-hybridized carbons (Fsp3) is 0.500. The van der Waals surface area contributed by atoms with Gasteiger partial charge >= 0.3 is 0 Å². The quantitative estimate of drug-likeness (QED) is 0.499. The maximum Gasteiger partial charge on any atom is 0.274 e. The molecule has 0 aliphatic carbocycles. The zero-order chi connectivity index (χ0) is 28.1. The van der Waals surface area contributed by atoms with Crippen LogP contribution in [0.15, 0.2) is 29.2 Å². The number of carbonyl (C=O) groups excluding carboxylic acids is 2. The van der Waals surface area contributed by atoms with Crippen LogP contribution in [0.5, 0.6) is 5.75 Å². The Bertz CT molecular complexity index is 1370. The van der Waals surface area contributed by atoms with Crippen LogP contribution in [0.2, 0.25) is 0 Å². The number of benzene rings is 1. The van der Waals surface area contributed by atoms with E-state index in [2.05, 4.69) is 0 Å². The van der Waals surface area contributed by atoms with Gasteiger partial charge < -0.3 is 29.8 Å². The number of halogens is 2. The minimum atomic E-state index is -1.04. The van der Waals surface area contributed by atoms with Crippen molar-refractivity contribution < 1.29 is 37.8 Å². The summed E-state index contributed by atoms with van der Waals surface area (Å²) in [5.41, 5.74) is 2.83. The number of nitrogens with zero attached hydrogens (tertiary/aromatic N) is 3. The summed E-state index contributed by atoms with van der Waals surface area (Å²) in [6, 6.07) is 2.37. The van der Waals surface area contributed by atoms with E-state index in [9.17, 15) is 28.3 Å². The third-order valence-corrected chi connectivity index (χ3v) is 7.85. The second-order valence-corrected chi connectivity index (χ2v) is 10.2. The van der Waals surface area contributed by atoms with Crippen LogP contribution in [0.25, 0.3) is 0 Å². The van der Waals surface area contributed by atoms with Crippen molar-refractivity contribution in [3.05, 3.63) is 63.1 Å². The van der Waals surface area contributed by atoms with Gasteiger partial charge in [-0.15, -0.1) is 0 Å². The normalized spacial score (nSPS) is 26.6. The van der Waals surface area contributed by atoms with Crippen molar-refractivity contribution in [1.82, 2.24) is 14.5 Å². The topological polar surface area (TPSA) is 137 Å². The molecule has 1 spiro atoms. The summed E-state index contributed by atoms with van der Waals surface area (Å²) < 4.78 is 40.7. The third kappa shape index (κ3) is 4.69. The number of hydrogen-bond acceptors (Lipinski definition) is 8. The molecule has 39 heavy (non-hydrogen) atoms. The van der Waals surface area contributed by atoms with Crippen LogP contribution >= 0.6 is 0 Å². The van der Waals surface area contributed by atoms with Crippen molar-refractivity contribution in [2.45, 2.75) is 56.6 Å². The van der Waals surface area contributed by atoms with Crippen LogP contribution in [-0.2, 0) is 20.9 Å². The number of pyridine rings is 1. The van der Waals surface area contributed by atoms with E-state index in [0.717, 1.165) is 12.1 Å². The van der Waals surface area contributed by atoms with Gasteiger partial charge in [-0.05, 0) is 25.8 Å². The van der Waals surface area contributed by atoms with Crippen molar-refractivity contribution >= 4 is 11.8 Å². The van der Waals surface area contributed by atoms with E-state index in [-0.39, 0.29) is 43.4 Å². The average molecular weight is 549 g/mol. The standard InChI is InChI=1S/C26H30F2N4O7/c1-14-5-6-26(19-13-30(14)25(36)21-23(34)22(33)17(24(29)35)12-31(19)21)10-20(38-8-7-37-2)32(39-26)11-15-3-4-16(27)9-18(15)28/h3-4,9,12,14,19-20,34H,5-8,10-11,13H2,1-2H3,(H2,29,35)/t14-,19+,20?,26-/m0/s1. The first-order valence-corrected chi connectivity index (χ1v) is 12.7. The van der Waals surface area contributed by atoms with Gasteiger partial charge in [-0.25, -0.2) is 8.78 Å². The Morgan fingerprint density at radius 2 is 2.05 bits per heavy atom. The van der Waals surface area contributed by atoms with Crippen LogP contribution in [0, 0.1) is 11.6 Å². The zero-order valence-electron chi connectivity index (χ0n) is 21.6. The number of aromatic hydroxyl groups is 1. The van der Waals surface area contributed by atoms with Crippen molar-refractivity contribution in [1.29, 1.82) is 0 Å². The lowest BCUT2D eigenvalue weighted by Crippen LogP contribution is -2.52. The molecule has 2 fully saturated rings. The molecule has 4 atom stereocenters. The second kappa shape index (κ2) is 10.3. The fourth-order valence-corrected chi connectivity index (χ4v) is 5.75. The average Bonchev–Trinajstić information content (AvgIpc) is 3.18.